The van der Waals surface area contributed by atoms with Crippen LogP contribution >= 0.6 is 34.8 Å². The van der Waals surface area contributed by atoms with E-state index in [1.807, 2.05) is 28.9 Å². The third kappa shape index (κ3) is 2.67. The first-order valence-corrected chi connectivity index (χ1v) is 9.04. The van der Waals surface area contributed by atoms with Gasteiger partial charge in [0.2, 0.25) is 4.77 Å². The van der Waals surface area contributed by atoms with Gasteiger partial charge in [0.25, 0.3) is 0 Å². The first kappa shape index (κ1) is 15.5. The van der Waals surface area contributed by atoms with Crippen molar-refractivity contribution in [3.05, 3.63) is 74.8 Å². The van der Waals surface area contributed by atoms with Crippen LogP contribution in [-0.2, 0) is 0 Å². The summed E-state index contributed by atoms with van der Waals surface area (Å²) in [6.07, 6.45) is 3.87. The Morgan fingerprint density at radius 1 is 1.04 bits per heavy atom. The summed E-state index contributed by atoms with van der Waals surface area (Å²) in [5, 5.41) is 0. The largest absolute Gasteiger partial charge is 0.339 e. The van der Waals surface area contributed by atoms with Crippen molar-refractivity contribution in [1.82, 2.24) is 14.4 Å². The third-order valence-electron chi connectivity index (χ3n) is 4.04. The number of aromatic amines is 1. The highest BCUT2D eigenvalue weighted by atomic mass is 127. The molecule has 3 nitrogen and oxygen atoms in total. The van der Waals surface area contributed by atoms with Crippen LogP contribution in [0.1, 0.15) is 5.56 Å². The van der Waals surface area contributed by atoms with Gasteiger partial charge < -0.3 is 4.98 Å². The molecule has 2 aromatic carbocycles. The second-order valence-electron chi connectivity index (χ2n) is 5.69. The van der Waals surface area contributed by atoms with Crippen molar-refractivity contribution in [2.75, 3.05) is 0 Å². The minimum absolute atomic E-state index is 0.550. The molecule has 4 rings (SSSR count). The summed E-state index contributed by atoms with van der Waals surface area (Å²) in [5.41, 5.74) is 6.57. The van der Waals surface area contributed by atoms with Crippen LogP contribution in [-0.4, -0.2) is 14.4 Å². The smallest absolute Gasteiger partial charge is 0.205 e. The molecule has 5 heteroatoms. The molecule has 0 amide bonds. The third-order valence-corrected chi connectivity index (χ3v) is 5.29. The fraction of sp³-hybridized carbons (Fsp3) is 0.0526. The molecule has 0 saturated carbocycles. The maximum atomic E-state index is 5.41. The number of hydrogen-bond donors (Lipinski definition) is 1. The number of aryl methyl sites for hydroxylation is 1. The summed E-state index contributed by atoms with van der Waals surface area (Å²) in [4.78, 5) is 7.92. The summed E-state index contributed by atoms with van der Waals surface area (Å²) in [6, 6.07) is 16.7. The van der Waals surface area contributed by atoms with E-state index in [1.54, 1.807) is 0 Å². The van der Waals surface area contributed by atoms with Crippen molar-refractivity contribution in [3.8, 4) is 22.4 Å². The second kappa shape index (κ2) is 6.14. The molecule has 2 aromatic heterocycles. The topological polar surface area (TPSA) is 33.1 Å². The lowest BCUT2D eigenvalue weighted by atomic mass is 10.1. The van der Waals surface area contributed by atoms with E-state index in [0.717, 1.165) is 28.0 Å². The SMILES string of the molecule is Cc1ccc(-c2cn3c(=S)ncc(-c4ccccc4I)c3[nH]2)cc1. The Bertz CT molecular complexity index is 1090. The molecule has 2 heterocycles. The molecule has 0 aliphatic heterocycles. The van der Waals surface area contributed by atoms with Crippen LogP contribution in [0.4, 0.5) is 0 Å². The van der Waals surface area contributed by atoms with Gasteiger partial charge in [-0.1, -0.05) is 48.0 Å². The summed E-state index contributed by atoms with van der Waals surface area (Å²) >= 11 is 7.76. The molecule has 0 saturated heterocycles. The van der Waals surface area contributed by atoms with Crippen molar-refractivity contribution in [3.63, 3.8) is 0 Å². The molecule has 0 atom stereocenters. The molecule has 118 valence electrons. The number of nitrogens with one attached hydrogen (secondary N) is 1. The molecular formula is C19H14IN3S. The molecule has 0 aliphatic rings. The van der Waals surface area contributed by atoms with Crippen LogP contribution in [0.5, 0.6) is 0 Å². The molecule has 0 radical (unpaired) electrons. The van der Waals surface area contributed by atoms with Gasteiger partial charge in [-0.15, -0.1) is 0 Å². The van der Waals surface area contributed by atoms with E-state index in [2.05, 4.69) is 75.9 Å². The fourth-order valence-electron chi connectivity index (χ4n) is 2.76. The average molecular weight is 443 g/mol. The van der Waals surface area contributed by atoms with Gasteiger partial charge in [-0.2, -0.15) is 0 Å². The van der Waals surface area contributed by atoms with Gasteiger partial charge in [0.1, 0.15) is 5.65 Å². The minimum Gasteiger partial charge on any atom is -0.339 e. The molecule has 0 bridgehead atoms. The van der Waals surface area contributed by atoms with Gasteiger partial charge in [-0.3, -0.25) is 4.40 Å². The highest BCUT2D eigenvalue weighted by molar-refractivity contribution is 14.1. The zero-order chi connectivity index (χ0) is 16.7. The summed E-state index contributed by atoms with van der Waals surface area (Å²) in [5.74, 6) is 0. The van der Waals surface area contributed by atoms with Crippen LogP contribution in [0.3, 0.4) is 0 Å². The van der Waals surface area contributed by atoms with E-state index in [-0.39, 0.29) is 0 Å². The number of imidazole rings is 1. The number of hydrogen-bond acceptors (Lipinski definition) is 2. The van der Waals surface area contributed by atoms with Crippen molar-refractivity contribution < 1.29 is 0 Å². The van der Waals surface area contributed by atoms with E-state index >= 15 is 0 Å². The lowest BCUT2D eigenvalue weighted by Crippen LogP contribution is -1.93. The minimum atomic E-state index is 0.550. The predicted octanol–water partition coefficient (Wildman–Crippen LogP) is 5.64. The van der Waals surface area contributed by atoms with Crippen molar-refractivity contribution in [2.45, 2.75) is 6.92 Å². The van der Waals surface area contributed by atoms with E-state index < -0.39 is 0 Å². The molecule has 1 N–H and O–H groups in total. The standard InChI is InChI=1S/C19H14IN3S/c1-12-6-8-13(9-7-12)17-11-23-18(22-17)15(10-21-19(23)24)14-4-2-3-5-16(14)20/h2-11,22H,1H3. The second-order valence-corrected chi connectivity index (χ2v) is 7.21. The van der Waals surface area contributed by atoms with Gasteiger partial charge in [-0.25, -0.2) is 4.98 Å². The van der Waals surface area contributed by atoms with Crippen molar-refractivity contribution in [1.29, 1.82) is 0 Å². The summed E-state index contributed by atoms with van der Waals surface area (Å²) < 4.78 is 3.68. The van der Waals surface area contributed by atoms with E-state index in [1.165, 1.54) is 9.13 Å². The first-order valence-electron chi connectivity index (χ1n) is 7.56. The lowest BCUT2D eigenvalue weighted by molar-refractivity contribution is 1.06. The van der Waals surface area contributed by atoms with Gasteiger partial charge in [-0.05, 0) is 53.4 Å². The number of rotatable bonds is 2. The van der Waals surface area contributed by atoms with Crippen LogP contribution < -0.4 is 0 Å². The maximum absolute atomic E-state index is 5.41. The Balaban J connectivity index is 1.98. The summed E-state index contributed by atoms with van der Waals surface area (Å²) in [7, 11) is 0. The van der Waals surface area contributed by atoms with Gasteiger partial charge in [0, 0.05) is 27.1 Å². The molecule has 4 aromatic rings. The molecular weight excluding hydrogens is 429 g/mol. The van der Waals surface area contributed by atoms with E-state index in [9.17, 15) is 0 Å². The van der Waals surface area contributed by atoms with Crippen LogP contribution in [0.2, 0.25) is 0 Å². The van der Waals surface area contributed by atoms with Gasteiger partial charge in [0.05, 0.1) is 5.69 Å². The Labute approximate surface area is 158 Å². The lowest BCUT2D eigenvalue weighted by Gasteiger charge is -2.06. The Hall–Kier alpha value is -1.99. The first-order chi connectivity index (χ1) is 11.6. The fourth-order valence-corrected chi connectivity index (χ4v) is 3.64. The Kier molecular flexibility index (Phi) is 3.97. The number of benzene rings is 2. The number of nitrogens with zero attached hydrogens (tertiary/aromatic N) is 2. The van der Waals surface area contributed by atoms with Crippen molar-refractivity contribution in [2.24, 2.45) is 0 Å². The van der Waals surface area contributed by atoms with Crippen LogP contribution in [0.25, 0.3) is 28.0 Å². The predicted molar refractivity (Wildman–Crippen MR) is 109 cm³/mol. The number of halogens is 1. The average Bonchev–Trinajstić information content (AvgIpc) is 3.03. The van der Waals surface area contributed by atoms with E-state index in [4.69, 9.17) is 12.2 Å². The quantitative estimate of drug-likeness (QED) is 0.321. The Morgan fingerprint density at radius 2 is 1.79 bits per heavy atom. The van der Waals surface area contributed by atoms with Crippen LogP contribution in [0.15, 0.2) is 60.9 Å². The molecule has 0 aliphatic carbocycles. The number of fused-ring (bicyclic) bond motifs is 1. The highest BCUT2D eigenvalue weighted by Crippen LogP contribution is 2.29. The highest BCUT2D eigenvalue weighted by Gasteiger charge is 2.12. The van der Waals surface area contributed by atoms with Gasteiger partial charge >= 0.3 is 0 Å². The molecule has 0 spiro atoms. The molecule has 24 heavy (non-hydrogen) atoms. The molecule has 0 unspecified atom stereocenters. The monoisotopic (exact) mass is 443 g/mol. The number of aromatic nitrogens is 3. The molecule has 0 fully saturated rings. The summed E-state index contributed by atoms with van der Waals surface area (Å²) in [6.45, 7) is 2.09. The zero-order valence-corrected chi connectivity index (χ0v) is 15.9. The Morgan fingerprint density at radius 3 is 2.54 bits per heavy atom. The van der Waals surface area contributed by atoms with E-state index in [0.29, 0.717) is 4.77 Å². The van der Waals surface area contributed by atoms with Crippen molar-refractivity contribution >= 4 is 40.5 Å². The normalized spacial score (nSPS) is 11.1. The number of H-pyrrole nitrogens is 1. The van der Waals surface area contributed by atoms with Gasteiger partial charge in [0.15, 0.2) is 0 Å². The zero-order valence-electron chi connectivity index (χ0n) is 13.0. The maximum Gasteiger partial charge on any atom is 0.205 e. The van der Waals surface area contributed by atoms with Crippen LogP contribution in [0, 0.1) is 15.3 Å².